The van der Waals surface area contributed by atoms with Crippen LogP contribution in [0.1, 0.15) is 19.3 Å². The Labute approximate surface area is 133 Å². The third-order valence-electron chi connectivity index (χ3n) is 5.27. The smallest absolute Gasteiger partial charge is 0.317 e. The van der Waals surface area contributed by atoms with Crippen LogP contribution in [0.5, 0.6) is 0 Å². The number of ether oxygens (including phenoxy) is 1. The van der Waals surface area contributed by atoms with Gasteiger partial charge in [-0.25, -0.2) is 4.79 Å². The fraction of sp³-hybridized carbons (Fsp3) is 0.938. The van der Waals surface area contributed by atoms with Crippen LogP contribution in [0.15, 0.2) is 0 Å². The van der Waals surface area contributed by atoms with Gasteiger partial charge in [0.25, 0.3) is 0 Å². The van der Waals surface area contributed by atoms with Crippen molar-refractivity contribution in [1.29, 1.82) is 0 Å². The monoisotopic (exact) mass is 310 g/mol. The van der Waals surface area contributed by atoms with Crippen molar-refractivity contribution in [3.63, 3.8) is 0 Å². The minimum absolute atomic E-state index is 0.105. The Balaban J connectivity index is 1.35. The van der Waals surface area contributed by atoms with Crippen molar-refractivity contribution in [1.82, 2.24) is 20.0 Å². The van der Waals surface area contributed by atoms with E-state index in [1.54, 1.807) is 0 Å². The number of hydrogen-bond acceptors (Lipinski definition) is 4. The van der Waals surface area contributed by atoms with E-state index in [4.69, 9.17) is 4.74 Å². The molecule has 126 valence electrons. The molecule has 0 aromatic carbocycles. The first-order valence-corrected chi connectivity index (χ1v) is 8.75. The van der Waals surface area contributed by atoms with Crippen LogP contribution in [0.25, 0.3) is 0 Å². The van der Waals surface area contributed by atoms with Gasteiger partial charge in [-0.1, -0.05) is 0 Å². The number of likely N-dealkylation sites (N-methyl/N-ethyl adjacent to an activating group) is 1. The molecule has 1 N–H and O–H groups in total. The number of rotatable bonds is 3. The molecule has 0 radical (unpaired) electrons. The molecule has 0 saturated carbocycles. The Bertz CT molecular complexity index is 357. The van der Waals surface area contributed by atoms with Gasteiger partial charge in [0.15, 0.2) is 0 Å². The van der Waals surface area contributed by atoms with Crippen molar-refractivity contribution in [3.05, 3.63) is 0 Å². The van der Waals surface area contributed by atoms with Crippen molar-refractivity contribution >= 4 is 6.03 Å². The highest BCUT2D eigenvalue weighted by atomic mass is 16.5. The van der Waals surface area contributed by atoms with E-state index >= 15 is 0 Å². The Morgan fingerprint density at radius 3 is 2.45 bits per heavy atom. The van der Waals surface area contributed by atoms with Crippen LogP contribution in [0.4, 0.5) is 4.79 Å². The molecule has 3 heterocycles. The van der Waals surface area contributed by atoms with E-state index in [-0.39, 0.29) is 12.1 Å². The lowest BCUT2D eigenvalue weighted by Gasteiger charge is -2.38. The van der Waals surface area contributed by atoms with E-state index in [9.17, 15) is 4.79 Å². The largest absolute Gasteiger partial charge is 0.379 e. The summed E-state index contributed by atoms with van der Waals surface area (Å²) in [4.78, 5) is 19.2. The number of carbonyl (C=O) groups is 1. The second-order valence-corrected chi connectivity index (χ2v) is 7.04. The summed E-state index contributed by atoms with van der Waals surface area (Å²) in [5, 5.41) is 3.10. The number of likely N-dealkylation sites (tertiary alicyclic amines) is 1. The Morgan fingerprint density at radius 1 is 1.09 bits per heavy atom. The molecule has 3 aliphatic heterocycles. The second-order valence-electron chi connectivity index (χ2n) is 7.04. The zero-order valence-electron chi connectivity index (χ0n) is 13.8. The summed E-state index contributed by atoms with van der Waals surface area (Å²) in [6, 6.07) is 0.323. The van der Waals surface area contributed by atoms with Gasteiger partial charge in [-0.05, 0) is 32.2 Å². The van der Waals surface area contributed by atoms with Crippen LogP contribution in [0.3, 0.4) is 0 Å². The molecule has 2 amide bonds. The van der Waals surface area contributed by atoms with Crippen LogP contribution < -0.4 is 5.32 Å². The normalized spacial score (nSPS) is 29.0. The van der Waals surface area contributed by atoms with Gasteiger partial charge in [-0.15, -0.1) is 0 Å². The Hall–Kier alpha value is -0.850. The van der Waals surface area contributed by atoms with Crippen LogP contribution in [0, 0.1) is 5.92 Å². The highest BCUT2D eigenvalue weighted by Crippen LogP contribution is 2.19. The molecule has 22 heavy (non-hydrogen) atoms. The standard InChI is InChI=1S/C16H30N4O2/c1-18-7-9-19(10-8-18)12-14-2-5-20(6-3-14)16(21)17-15-4-11-22-13-15/h14-15H,2-13H2,1H3,(H,17,21)/t15-/m1/s1. The predicted molar refractivity (Wildman–Crippen MR) is 86.0 cm³/mol. The number of hydrogen-bond donors (Lipinski definition) is 1. The minimum atomic E-state index is 0.105. The summed E-state index contributed by atoms with van der Waals surface area (Å²) in [6.45, 7) is 9.21. The van der Waals surface area contributed by atoms with Gasteiger partial charge in [0.1, 0.15) is 0 Å². The first kappa shape index (κ1) is 16.0. The maximum absolute atomic E-state index is 12.2. The Kier molecular flexibility index (Phi) is 5.55. The highest BCUT2D eigenvalue weighted by molar-refractivity contribution is 5.74. The number of amides is 2. The lowest BCUT2D eigenvalue weighted by atomic mass is 9.96. The van der Waals surface area contributed by atoms with E-state index in [2.05, 4.69) is 22.2 Å². The van der Waals surface area contributed by atoms with Gasteiger partial charge in [0.2, 0.25) is 0 Å². The van der Waals surface area contributed by atoms with E-state index in [1.165, 1.54) is 32.7 Å². The van der Waals surface area contributed by atoms with Crippen molar-refractivity contribution in [2.45, 2.75) is 25.3 Å². The van der Waals surface area contributed by atoms with E-state index in [0.29, 0.717) is 6.61 Å². The number of nitrogens with zero attached hydrogens (tertiary/aromatic N) is 3. The molecule has 0 aromatic rings. The van der Waals surface area contributed by atoms with Gasteiger partial charge in [0.05, 0.1) is 12.6 Å². The molecule has 1 atom stereocenters. The molecule has 0 aliphatic carbocycles. The number of urea groups is 1. The maximum atomic E-state index is 12.2. The van der Waals surface area contributed by atoms with Crippen molar-refractivity contribution in [3.8, 4) is 0 Å². The van der Waals surface area contributed by atoms with E-state index in [0.717, 1.165) is 44.9 Å². The van der Waals surface area contributed by atoms with Crippen LogP contribution >= 0.6 is 0 Å². The summed E-state index contributed by atoms with van der Waals surface area (Å²) in [5.41, 5.74) is 0. The average Bonchev–Trinajstić information content (AvgIpc) is 3.03. The molecule has 6 nitrogen and oxygen atoms in total. The Morgan fingerprint density at radius 2 is 1.82 bits per heavy atom. The zero-order chi connectivity index (χ0) is 15.4. The van der Waals surface area contributed by atoms with E-state index in [1.807, 2.05) is 4.90 Å². The lowest BCUT2D eigenvalue weighted by Crippen LogP contribution is -2.50. The van der Waals surface area contributed by atoms with Gasteiger partial charge < -0.3 is 24.8 Å². The summed E-state index contributed by atoms with van der Waals surface area (Å²) < 4.78 is 5.31. The first-order valence-electron chi connectivity index (χ1n) is 8.75. The highest BCUT2D eigenvalue weighted by Gasteiger charge is 2.27. The van der Waals surface area contributed by atoms with E-state index < -0.39 is 0 Å². The van der Waals surface area contributed by atoms with Gasteiger partial charge in [-0.3, -0.25) is 0 Å². The average molecular weight is 310 g/mol. The van der Waals surface area contributed by atoms with Gasteiger partial charge in [0, 0.05) is 52.4 Å². The first-order chi connectivity index (χ1) is 10.7. The lowest BCUT2D eigenvalue weighted by molar-refractivity contribution is 0.110. The van der Waals surface area contributed by atoms with Crippen molar-refractivity contribution in [2.24, 2.45) is 5.92 Å². The molecule has 0 spiro atoms. The molecule has 0 unspecified atom stereocenters. The van der Waals surface area contributed by atoms with Crippen molar-refractivity contribution < 1.29 is 9.53 Å². The zero-order valence-corrected chi connectivity index (χ0v) is 13.8. The molecular weight excluding hydrogens is 280 g/mol. The number of carbonyl (C=O) groups excluding carboxylic acids is 1. The summed E-state index contributed by atoms with van der Waals surface area (Å²) in [5.74, 6) is 0.752. The topological polar surface area (TPSA) is 48.0 Å². The summed E-state index contributed by atoms with van der Waals surface area (Å²) in [7, 11) is 2.20. The molecule has 0 bridgehead atoms. The van der Waals surface area contributed by atoms with Crippen LogP contribution in [-0.4, -0.2) is 92.8 Å². The third kappa shape index (κ3) is 4.33. The minimum Gasteiger partial charge on any atom is -0.379 e. The molecule has 3 rings (SSSR count). The third-order valence-corrected chi connectivity index (χ3v) is 5.27. The predicted octanol–water partition coefficient (Wildman–Crippen LogP) is 0.444. The fourth-order valence-electron chi connectivity index (χ4n) is 3.63. The molecule has 3 fully saturated rings. The number of piperidine rings is 1. The number of nitrogens with one attached hydrogen (secondary N) is 1. The molecule has 3 saturated heterocycles. The number of piperazine rings is 1. The molecule has 6 heteroatoms. The van der Waals surface area contributed by atoms with Crippen LogP contribution in [-0.2, 0) is 4.74 Å². The van der Waals surface area contributed by atoms with Crippen LogP contribution in [0.2, 0.25) is 0 Å². The molecule has 3 aliphatic rings. The summed E-state index contributed by atoms with van der Waals surface area (Å²) >= 11 is 0. The molecular formula is C16H30N4O2. The second kappa shape index (κ2) is 7.62. The maximum Gasteiger partial charge on any atom is 0.317 e. The summed E-state index contributed by atoms with van der Waals surface area (Å²) in [6.07, 6.45) is 3.23. The van der Waals surface area contributed by atoms with Gasteiger partial charge >= 0.3 is 6.03 Å². The van der Waals surface area contributed by atoms with Gasteiger partial charge in [-0.2, -0.15) is 0 Å². The fourth-order valence-corrected chi connectivity index (χ4v) is 3.63. The SMILES string of the molecule is CN1CCN(CC2CCN(C(=O)N[C@@H]3CCOC3)CC2)CC1. The van der Waals surface area contributed by atoms with Crippen molar-refractivity contribution in [2.75, 3.05) is 66.1 Å². The quantitative estimate of drug-likeness (QED) is 0.822. The molecule has 0 aromatic heterocycles.